The maximum atomic E-state index is 12.2. The summed E-state index contributed by atoms with van der Waals surface area (Å²) in [6.45, 7) is 2.02. The van der Waals surface area contributed by atoms with E-state index in [1.165, 1.54) is 24.7 Å². The van der Waals surface area contributed by atoms with Gasteiger partial charge in [0, 0.05) is 12.1 Å². The standard InChI is InChI=1S/C23H24N2O4S/c1-17-3-10-20(11-4-17)29-21-12-8-19(9-13-21)25-23(26)16-7-18-5-14-22(15-6-18)30(27,28)24-2/h3-6,8-15,24H,7,16H2,1-2H3,(H,25,26). The van der Waals surface area contributed by atoms with Crippen molar-refractivity contribution < 1.29 is 17.9 Å². The lowest BCUT2D eigenvalue weighted by molar-refractivity contribution is -0.116. The molecule has 1 amide bonds. The van der Waals surface area contributed by atoms with Gasteiger partial charge in [0.2, 0.25) is 15.9 Å². The van der Waals surface area contributed by atoms with Crippen molar-refractivity contribution in [1.29, 1.82) is 0 Å². The Morgan fingerprint density at radius 2 is 1.43 bits per heavy atom. The molecule has 0 aliphatic carbocycles. The Hall–Kier alpha value is -3.16. The van der Waals surface area contributed by atoms with Gasteiger partial charge in [0.1, 0.15) is 11.5 Å². The molecule has 6 nitrogen and oxygen atoms in total. The lowest BCUT2D eigenvalue weighted by Crippen LogP contribution is -2.18. The quantitative estimate of drug-likeness (QED) is 0.566. The van der Waals surface area contributed by atoms with Gasteiger partial charge in [-0.2, -0.15) is 0 Å². The molecule has 0 aliphatic heterocycles. The molecule has 2 N–H and O–H groups in total. The number of rotatable bonds is 8. The van der Waals surface area contributed by atoms with E-state index in [9.17, 15) is 13.2 Å². The van der Waals surface area contributed by atoms with Crippen LogP contribution in [0.3, 0.4) is 0 Å². The third kappa shape index (κ3) is 5.92. The SMILES string of the molecule is CNS(=O)(=O)c1ccc(CCC(=O)Nc2ccc(Oc3ccc(C)cc3)cc2)cc1. The molecule has 0 atom stereocenters. The number of anilines is 1. The van der Waals surface area contributed by atoms with Crippen LogP contribution in [0.2, 0.25) is 0 Å². The molecule has 3 aromatic carbocycles. The fourth-order valence-electron chi connectivity index (χ4n) is 2.78. The summed E-state index contributed by atoms with van der Waals surface area (Å²) in [5.41, 5.74) is 2.74. The van der Waals surface area contributed by atoms with Crippen LogP contribution < -0.4 is 14.8 Å². The summed E-state index contributed by atoms with van der Waals surface area (Å²) in [4.78, 5) is 12.4. The van der Waals surface area contributed by atoms with E-state index < -0.39 is 10.0 Å². The summed E-state index contributed by atoms with van der Waals surface area (Å²) in [6.07, 6.45) is 0.806. The molecule has 0 aliphatic rings. The molecule has 3 rings (SSSR count). The zero-order valence-corrected chi connectivity index (χ0v) is 17.7. The molecule has 3 aromatic rings. The topological polar surface area (TPSA) is 84.5 Å². The summed E-state index contributed by atoms with van der Waals surface area (Å²) in [7, 11) is -2.08. The normalized spacial score (nSPS) is 11.1. The van der Waals surface area contributed by atoms with E-state index in [4.69, 9.17) is 4.74 Å². The van der Waals surface area contributed by atoms with Gasteiger partial charge in [0.05, 0.1) is 4.90 Å². The number of aryl methyl sites for hydroxylation is 2. The van der Waals surface area contributed by atoms with Crippen molar-refractivity contribution in [2.24, 2.45) is 0 Å². The highest BCUT2D eigenvalue weighted by Crippen LogP contribution is 2.23. The molecule has 0 bridgehead atoms. The number of sulfonamides is 1. The van der Waals surface area contributed by atoms with Gasteiger partial charge >= 0.3 is 0 Å². The lowest BCUT2D eigenvalue weighted by atomic mass is 10.1. The Bertz CT molecular complexity index is 1090. The monoisotopic (exact) mass is 424 g/mol. The number of carbonyl (C=O) groups is 1. The maximum Gasteiger partial charge on any atom is 0.240 e. The fourth-order valence-corrected chi connectivity index (χ4v) is 3.51. The lowest BCUT2D eigenvalue weighted by Gasteiger charge is -2.09. The Balaban J connectivity index is 1.50. The van der Waals surface area contributed by atoms with Crippen molar-refractivity contribution in [2.45, 2.75) is 24.7 Å². The number of amides is 1. The van der Waals surface area contributed by atoms with E-state index in [1.807, 2.05) is 31.2 Å². The first-order valence-corrected chi connectivity index (χ1v) is 11.0. The van der Waals surface area contributed by atoms with Crippen molar-refractivity contribution >= 4 is 21.6 Å². The first kappa shape index (κ1) is 21.5. The molecule has 0 saturated heterocycles. The molecular weight excluding hydrogens is 400 g/mol. The Labute approximate surface area is 177 Å². The van der Waals surface area contributed by atoms with Crippen LogP contribution in [0.5, 0.6) is 11.5 Å². The zero-order valence-electron chi connectivity index (χ0n) is 16.9. The minimum Gasteiger partial charge on any atom is -0.457 e. The van der Waals surface area contributed by atoms with Crippen LogP contribution in [0, 0.1) is 6.92 Å². The second-order valence-corrected chi connectivity index (χ2v) is 8.73. The van der Waals surface area contributed by atoms with Gasteiger partial charge in [-0.25, -0.2) is 13.1 Å². The molecule has 0 radical (unpaired) electrons. The number of hydrogen-bond donors (Lipinski definition) is 2. The van der Waals surface area contributed by atoms with Gasteiger partial charge in [-0.3, -0.25) is 4.79 Å². The largest absolute Gasteiger partial charge is 0.457 e. The summed E-state index contributed by atoms with van der Waals surface area (Å²) >= 11 is 0. The zero-order chi connectivity index (χ0) is 21.6. The number of carbonyl (C=O) groups excluding carboxylic acids is 1. The van der Waals surface area contributed by atoms with Crippen LogP contribution in [0.25, 0.3) is 0 Å². The van der Waals surface area contributed by atoms with E-state index in [1.54, 1.807) is 36.4 Å². The van der Waals surface area contributed by atoms with E-state index in [2.05, 4.69) is 10.0 Å². The Kier molecular flexibility index (Phi) is 6.87. The number of ether oxygens (including phenoxy) is 1. The average molecular weight is 425 g/mol. The van der Waals surface area contributed by atoms with E-state index in [-0.39, 0.29) is 10.8 Å². The highest BCUT2D eigenvalue weighted by molar-refractivity contribution is 7.89. The molecule has 0 spiro atoms. The van der Waals surface area contributed by atoms with Crippen molar-refractivity contribution in [3.05, 3.63) is 83.9 Å². The molecule has 156 valence electrons. The first-order valence-electron chi connectivity index (χ1n) is 9.53. The second-order valence-electron chi connectivity index (χ2n) is 6.84. The molecular formula is C23H24N2O4S. The summed E-state index contributed by atoms with van der Waals surface area (Å²) in [5.74, 6) is 1.33. The number of benzene rings is 3. The third-order valence-corrected chi connectivity index (χ3v) is 5.97. The Morgan fingerprint density at radius 1 is 0.867 bits per heavy atom. The van der Waals surface area contributed by atoms with Crippen LogP contribution in [-0.4, -0.2) is 21.4 Å². The molecule has 0 aromatic heterocycles. The van der Waals surface area contributed by atoms with E-state index in [0.29, 0.717) is 24.3 Å². The van der Waals surface area contributed by atoms with Gasteiger partial charge in [0.15, 0.2) is 0 Å². The highest BCUT2D eigenvalue weighted by Gasteiger charge is 2.11. The van der Waals surface area contributed by atoms with Crippen molar-refractivity contribution in [3.63, 3.8) is 0 Å². The average Bonchev–Trinajstić information content (AvgIpc) is 2.75. The van der Waals surface area contributed by atoms with E-state index >= 15 is 0 Å². The van der Waals surface area contributed by atoms with Gasteiger partial charge < -0.3 is 10.1 Å². The predicted molar refractivity (Wildman–Crippen MR) is 117 cm³/mol. The summed E-state index contributed by atoms with van der Waals surface area (Å²) in [5, 5.41) is 2.86. The molecule has 0 saturated carbocycles. The number of hydrogen-bond acceptors (Lipinski definition) is 4. The van der Waals surface area contributed by atoms with Crippen LogP contribution in [0.4, 0.5) is 5.69 Å². The van der Waals surface area contributed by atoms with Gasteiger partial charge in [-0.05, 0) is 74.5 Å². The smallest absolute Gasteiger partial charge is 0.240 e. The van der Waals surface area contributed by atoms with Crippen molar-refractivity contribution in [1.82, 2.24) is 4.72 Å². The maximum absolute atomic E-state index is 12.2. The predicted octanol–water partition coefficient (Wildman–Crippen LogP) is 4.27. The van der Waals surface area contributed by atoms with Crippen LogP contribution in [0.15, 0.2) is 77.7 Å². The van der Waals surface area contributed by atoms with E-state index in [0.717, 1.165) is 11.3 Å². The molecule has 7 heteroatoms. The molecule has 30 heavy (non-hydrogen) atoms. The van der Waals surface area contributed by atoms with Crippen LogP contribution in [0.1, 0.15) is 17.5 Å². The van der Waals surface area contributed by atoms with Crippen LogP contribution in [-0.2, 0) is 21.2 Å². The summed E-state index contributed by atoms with van der Waals surface area (Å²) < 4.78 is 31.5. The highest BCUT2D eigenvalue weighted by atomic mass is 32.2. The first-order chi connectivity index (χ1) is 14.4. The molecule has 0 fully saturated rings. The van der Waals surface area contributed by atoms with Crippen molar-refractivity contribution in [2.75, 3.05) is 12.4 Å². The minimum absolute atomic E-state index is 0.117. The van der Waals surface area contributed by atoms with Crippen LogP contribution >= 0.6 is 0 Å². The molecule has 0 unspecified atom stereocenters. The minimum atomic E-state index is -3.45. The second kappa shape index (κ2) is 9.56. The number of nitrogens with one attached hydrogen (secondary N) is 2. The fraction of sp³-hybridized carbons (Fsp3) is 0.174. The van der Waals surface area contributed by atoms with Gasteiger partial charge in [-0.15, -0.1) is 0 Å². The van der Waals surface area contributed by atoms with Gasteiger partial charge in [-0.1, -0.05) is 29.8 Å². The Morgan fingerprint density at radius 3 is 2.00 bits per heavy atom. The van der Waals surface area contributed by atoms with Gasteiger partial charge in [0.25, 0.3) is 0 Å². The third-order valence-electron chi connectivity index (χ3n) is 4.54. The summed E-state index contributed by atoms with van der Waals surface area (Å²) in [6, 6.07) is 21.5. The molecule has 0 heterocycles. The van der Waals surface area contributed by atoms with Crippen molar-refractivity contribution in [3.8, 4) is 11.5 Å².